The highest BCUT2D eigenvalue weighted by molar-refractivity contribution is 5.66. The molecule has 0 aromatic heterocycles. The maximum Gasteiger partial charge on any atom is 0.303 e. The normalized spacial score (nSPS) is 14.8. The summed E-state index contributed by atoms with van der Waals surface area (Å²) in [7, 11) is 0. The first kappa shape index (κ1) is 20.6. The zero-order valence-corrected chi connectivity index (χ0v) is 14.2. The molecule has 0 radical (unpaired) electrons. The summed E-state index contributed by atoms with van der Waals surface area (Å²) in [4.78, 5) is 10.4. The second kappa shape index (κ2) is 12.9. The highest BCUT2D eigenvalue weighted by Gasteiger charge is 2.03. The van der Waals surface area contributed by atoms with Crippen LogP contribution in [-0.2, 0) is 4.79 Å². The predicted molar refractivity (Wildman–Crippen MR) is 100 cm³/mol. The number of benzene rings is 1. The van der Waals surface area contributed by atoms with Gasteiger partial charge < -0.3 is 15.3 Å². The first-order valence-electron chi connectivity index (χ1n) is 8.39. The molecule has 0 aliphatic rings. The average Bonchev–Trinajstić information content (AvgIpc) is 2.60. The van der Waals surface area contributed by atoms with E-state index in [-0.39, 0.29) is 6.42 Å². The SMILES string of the molecule is O=C(O)CCC[C@H](O)C/C=C/C=C/C=C\C=C\[C@H](O)c1ccccc1. The molecule has 1 aromatic carbocycles. The summed E-state index contributed by atoms with van der Waals surface area (Å²) in [5.74, 6) is -0.831. The van der Waals surface area contributed by atoms with Gasteiger partial charge in [0, 0.05) is 6.42 Å². The number of allylic oxidation sites excluding steroid dienone is 6. The molecule has 0 aliphatic heterocycles. The van der Waals surface area contributed by atoms with Gasteiger partial charge in [0.2, 0.25) is 0 Å². The number of carboxylic acids is 1. The first-order chi connectivity index (χ1) is 12.1. The van der Waals surface area contributed by atoms with Gasteiger partial charge in [0.1, 0.15) is 0 Å². The topological polar surface area (TPSA) is 77.8 Å². The minimum Gasteiger partial charge on any atom is -0.481 e. The Bertz CT molecular complexity index is 600. The van der Waals surface area contributed by atoms with Gasteiger partial charge in [-0.3, -0.25) is 4.79 Å². The number of aliphatic hydroxyl groups is 2. The lowest BCUT2D eigenvalue weighted by Crippen LogP contribution is -2.06. The van der Waals surface area contributed by atoms with Crippen LogP contribution in [0.25, 0.3) is 0 Å². The van der Waals surface area contributed by atoms with Crippen LogP contribution in [0, 0.1) is 0 Å². The largest absolute Gasteiger partial charge is 0.481 e. The Morgan fingerprint density at radius 3 is 2.28 bits per heavy atom. The van der Waals surface area contributed by atoms with Crippen molar-refractivity contribution >= 4 is 5.97 Å². The summed E-state index contributed by atoms with van der Waals surface area (Å²) in [6.07, 6.45) is 15.1. The minimum absolute atomic E-state index is 0.0952. The van der Waals surface area contributed by atoms with Gasteiger partial charge >= 0.3 is 5.97 Å². The Hall–Kier alpha value is -2.43. The van der Waals surface area contributed by atoms with Gasteiger partial charge in [0.15, 0.2) is 0 Å². The fourth-order valence-electron chi connectivity index (χ4n) is 2.11. The third-order valence-electron chi connectivity index (χ3n) is 3.46. The van der Waals surface area contributed by atoms with E-state index >= 15 is 0 Å². The molecule has 1 aromatic rings. The molecule has 0 spiro atoms. The maximum atomic E-state index is 10.4. The smallest absolute Gasteiger partial charge is 0.303 e. The van der Waals surface area contributed by atoms with Crippen LogP contribution < -0.4 is 0 Å². The second-order valence-electron chi connectivity index (χ2n) is 5.61. The molecule has 4 heteroatoms. The third-order valence-corrected chi connectivity index (χ3v) is 3.46. The summed E-state index contributed by atoms with van der Waals surface area (Å²) in [6.45, 7) is 0. The van der Waals surface area contributed by atoms with E-state index in [1.165, 1.54) is 0 Å². The van der Waals surface area contributed by atoms with Crippen LogP contribution in [0.5, 0.6) is 0 Å². The van der Waals surface area contributed by atoms with E-state index in [2.05, 4.69) is 0 Å². The van der Waals surface area contributed by atoms with Crippen molar-refractivity contribution in [2.75, 3.05) is 0 Å². The van der Waals surface area contributed by atoms with Gasteiger partial charge in [-0.1, -0.05) is 78.9 Å². The lowest BCUT2D eigenvalue weighted by atomic mass is 10.1. The average molecular weight is 342 g/mol. The molecular formula is C21H26O4. The number of aliphatic carboxylic acids is 1. The molecule has 0 aliphatic carbocycles. The molecule has 0 fully saturated rings. The fraction of sp³-hybridized carbons (Fsp3) is 0.286. The molecule has 0 unspecified atom stereocenters. The Kier molecular flexibility index (Phi) is 10.7. The number of hydrogen-bond donors (Lipinski definition) is 3. The zero-order chi connectivity index (χ0) is 18.3. The minimum atomic E-state index is -0.831. The van der Waals surface area contributed by atoms with Crippen LogP contribution in [-0.4, -0.2) is 27.4 Å². The molecule has 25 heavy (non-hydrogen) atoms. The van der Waals surface area contributed by atoms with E-state index in [0.29, 0.717) is 19.3 Å². The molecule has 0 saturated carbocycles. The quantitative estimate of drug-likeness (QED) is 0.532. The third kappa shape index (κ3) is 10.9. The number of carbonyl (C=O) groups is 1. The van der Waals surface area contributed by atoms with E-state index in [1.54, 1.807) is 12.2 Å². The van der Waals surface area contributed by atoms with Crippen molar-refractivity contribution in [3.63, 3.8) is 0 Å². The van der Waals surface area contributed by atoms with Crippen LogP contribution in [0.2, 0.25) is 0 Å². The molecular weight excluding hydrogens is 316 g/mol. The van der Waals surface area contributed by atoms with Gasteiger partial charge in [-0.15, -0.1) is 0 Å². The summed E-state index contributed by atoms with van der Waals surface area (Å²) in [5.41, 5.74) is 0.854. The lowest BCUT2D eigenvalue weighted by molar-refractivity contribution is -0.137. The second-order valence-corrected chi connectivity index (χ2v) is 5.61. The molecule has 0 amide bonds. The van der Waals surface area contributed by atoms with Gasteiger partial charge in [-0.05, 0) is 24.8 Å². The summed E-state index contributed by atoms with van der Waals surface area (Å²) in [5, 5.41) is 28.1. The van der Waals surface area contributed by atoms with Crippen LogP contribution in [0.15, 0.2) is 78.9 Å². The Morgan fingerprint density at radius 1 is 0.960 bits per heavy atom. The van der Waals surface area contributed by atoms with E-state index < -0.39 is 18.2 Å². The Labute approximate surface area is 149 Å². The van der Waals surface area contributed by atoms with Gasteiger partial charge in [-0.2, -0.15) is 0 Å². The Balaban J connectivity index is 2.20. The fourth-order valence-corrected chi connectivity index (χ4v) is 2.11. The molecule has 0 heterocycles. The molecule has 1 rings (SSSR count). The zero-order valence-electron chi connectivity index (χ0n) is 14.2. The molecule has 0 saturated heterocycles. The van der Waals surface area contributed by atoms with Gasteiger partial charge in [0.05, 0.1) is 12.2 Å². The van der Waals surface area contributed by atoms with Crippen LogP contribution in [0.4, 0.5) is 0 Å². The van der Waals surface area contributed by atoms with E-state index in [1.807, 2.05) is 66.8 Å². The molecule has 3 N–H and O–H groups in total. The van der Waals surface area contributed by atoms with Crippen LogP contribution in [0.3, 0.4) is 0 Å². The highest BCUT2D eigenvalue weighted by Crippen LogP contribution is 2.12. The highest BCUT2D eigenvalue weighted by atomic mass is 16.4. The van der Waals surface area contributed by atoms with E-state index in [9.17, 15) is 15.0 Å². The van der Waals surface area contributed by atoms with Crippen molar-refractivity contribution in [3.8, 4) is 0 Å². The van der Waals surface area contributed by atoms with Crippen LogP contribution >= 0.6 is 0 Å². The number of carboxylic acid groups (broad SMARTS) is 1. The summed E-state index contributed by atoms with van der Waals surface area (Å²) in [6, 6.07) is 9.44. The summed E-state index contributed by atoms with van der Waals surface area (Å²) >= 11 is 0. The monoisotopic (exact) mass is 342 g/mol. The number of hydrogen-bond acceptors (Lipinski definition) is 3. The Morgan fingerprint density at radius 2 is 1.60 bits per heavy atom. The lowest BCUT2D eigenvalue weighted by Gasteiger charge is -2.05. The van der Waals surface area contributed by atoms with Crippen LogP contribution in [0.1, 0.15) is 37.4 Å². The summed E-state index contributed by atoms with van der Waals surface area (Å²) < 4.78 is 0. The van der Waals surface area contributed by atoms with Crippen molar-refractivity contribution in [2.24, 2.45) is 0 Å². The first-order valence-corrected chi connectivity index (χ1v) is 8.39. The molecule has 0 bridgehead atoms. The standard InChI is InChI=1S/C21H26O4/c22-19(15-11-17-21(24)25)14-9-4-2-1-3-5-10-16-20(23)18-12-7-6-8-13-18/h1-10,12-13,16,19-20,22-23H,11,14-15,17H2,(H,24,25)/b2-1+,5-3-,9-4+,16-10+/t19-,20+/m1/s1. The molecule has 2 atom stereocenters. The number of rotatable bonds is 11. The van der Waals surface area contributed by atoms with Crippen molar-refractivity contribution in [1.29, 1.82) is 0 Å². The van der Waals surface area contributed by atoms with Crippen molar-refractivity contribution in [1.82, 2.24) is 0 Å². The van der Waals surface area contributed by atoms with Crippen molar-refractivity contribution in [2.45, 2.75) is 37.9 Å². The van der Waals surface area contributed by atoms with Crippen molar-refractivity contribution in [3.05, 3.63) is 84.5 Å². The molecule has 4 nitrogen and oxygen atoms in total. The maximum absolute atomic E-state index is 10.4. The number of aliphatic hydroxyl groups excluding tert-OH is 2. The van der Waals surface area contributed by atoms with Gasteiger partial charge in [0.25, 0.3) is 0 Å². The van der Waals surface area contributed by atoms with Gasteiger partial charge in [-0.25, -0.2) is 0 Å². The van der Waals surface area contributed by atoms with E-state index in [0.717, 1.165) is 5.56 Å². The predicted octanol–water partition coefficient (Wildman–Crippen LogP) is 3.95. The van der Waals surface area contributed by atoms with Crippen molar-refractivity contribution < 1.29 is 20.1 Å². The molecule has 134 valence electrons. The van der Waals surface area contributed by atoms with E-state index in [4.69, 9.17) is 5.11 Å².